The third kappa shape index (κ3) is 21.2. The van der Waals surface area contributed by atoms with E-state index >= 15 is 0 Å². The lowest BCUT2D eigenvalue weighted by Gasteiger charge is -2.43. The van der Waals surface area contributed by atoms with Gasteiger partial charge in [-0.15, -0.1) is 0 Å². The number of hydrogen-bond donors (Lipinski definition) is 1. The number of rotatable bonds is 14. The summed E-state index contributed by atoms with van der Waals surface area (Å²) in [5.41, 5.74) is 5.39. The summed E-state index contributed by atoms with van der Waals surface area (Å²) in [5, 5.41) is 0. The summed E-state index contributed by atoms with van der Waals surface area (Å²) < 4.78 is 35.4. The van der Waals surface area contributed by atoms with E-state index in [0.29, 0.717) is 13.2 Å². The zero-order valence-electron chi connectivity index (χ0n) is 24.7. The lowest BCUT2D eigenvalue weighted by atomic mass is 10.2. The molecule has 0 aromatic heterocycles. The number of nitrogens with two attached hydrogens (primary N) is 1. The molecule has 0 unspecified atom stereocenters. The molecule has 0 atom stereocenters. The molecule has 206 valence electrons. The van der Waals surface area contributed by atoms with Crippen LogP contribution in [0.5, 0.6) is 0 Å². The van der Waals surface area contributed by atoms with E-state index in [0.717, 1.165) is 37.0 Å². The summed E-state index contributed by atoms with van der Waals surface area (Å²) in [6, 6.07) is 1.71. The van der Waals surface area contributed by atoms with Gasteiger partial charge < -0.3 is 32.6 Å². The van der Waals surface area contributed by atoms with E-state index in [1.165, 1.54) is 0 Å². The maximum Gasteiger partial charge on any atom is 0.502 e. The molecule has 0 aliphatic carbocycles. The smallest absolute Gasteiger partial charge is 0.398 e. The molecule has 0 saturated heterocycles. The molecule has 0 radical (unpaired) electrons. The molecule has 0 heterocycles. The Bertz CT molecular complexity index is 508. The van der Waals surface area contributed by atoms with E-state index in [1.807, 2.05) is 75.8 Å². The van der Waals surface area contributed by atoms with Crippen LogP contribution < -0.4 is 5.73 Å². The van der Waals surface area contributed by atoms with Crippen molar-refractivity contribution in [2.24, 2.45) is 5.73 Å². The normalized spacial score (nSPS) is 13.5. The highest BCUT2D eigenvalue weighted by molar-refractivity contribution is 6.65. The molecule has 2 N–H and O–H groups in total. The van der Waals surface area contributed by atoms with Crippen LogP contribution in [-0.2, 0) is 26.9 Å². The Morgan fingerprint density at radius 1 is 0.765 bits per heavy atom. The summed E-state index contributed by atoms with van der Waals surface area (Å²) in [4.78, 5) is 0. The minimum atomic E-state index is -2.88. The van der Waals surface area contributed by atoms with Gasteiger partial charge in [0.05, 0.1) is 23.4 Å². The minimum Gasteiger partial charge on any atom is -0.398 e. The first-order valence-corrected chi connectivity index (χ1v) is 16.8. The number of ether oxygens (including phenoxy) is 1. The largest absolute Gasteiger partial charge is 0.502 e. The van der Waals surface area contributed by atoms with Crippen LogP contribution in [0.4, 0.5) is 0 Å². The van der Waals surface area contributed by atoms with Crippen molar-refractivity contribution in [2.45, 2.75) is 118 Å². The molecule has 34 heavy (non-hydrogen) atoms. The minimum absolute atomic E-state index is 0.332. The van der Waals surface area contributed by atoms with Crippen LogP contribution in [-0.4, -0.2) is 68.1 Å². The Balaban J connectivity index is 0. The predicted molar refractivity (Wildman–Crippen MR) is 147 cm³/mol. The van der Waals surface area contributed by atoms with Crippen LogP contribution in [0.15, 0.2) is 12.2 Å². The first-order valence-electron chi connectivity index (χ1n) is 12.3. The lowest BCUT2D eigenvalue weighted by Crippen LogP contribution is -2.57. The average Bonchev–Trinajstić information content (AvgIpc) is 2.61. The fourth-order valence-corrected chi connectivity index (χ4v) is 8.19. The van der Waals surface area contributed by atoms with Gasteiger partial charge in [0.1, 0.15) is 0 Å². The van der Waals surface area contributed by atoms with Crippen LogP contribution in [0, 0.1) is 0 Å². The molecular weight excluding hydrogens is 466 g/mol. The van der Waals surface area contributed by atoms with Crippen molar-refractivity contribution in [1.82, 2.24) is 0 Å². The van der Waals surface area contributed by atoms with Crippen LogP contribution in [0.3, 0.4) is 0 Å². The van der Waals surface area contributed by atoms with Crippen LogP contribution in [0.1, 0.15) is 82.1 Å². The SMILES string of the molecule is C=C(C)COCCC[Si](OC(C)(C)C)(OC(C)(C)C)OC(C)(C)C.CO[Si](C)(CCCN)OC. The molecule has 0 amide bonds. The Morgan fingerprint density at radius 2 is 1.18 bits per heavy atom. The van der Waals surface area contributed by atoms with Crippen molar-refractivity contribution in [3.05, 3.63) is 12.2 Å². The first kappa shape index (κ1) is 36.1. The first-order chi connectivity index (χ1) is 15.2. The van der Waals surface area contributed by atoms with Crippen molar-refractivity contribution in [1.29, 1.82) is 0 Å². The van der Waals surface area contributed by atoms with Crippen molar-refractivity contribution in [3.8, 4) is 0 Å². The van der Waals surface area contributed by atoms with Gasteiger partial charge in [0.2, 0.25) is 0 Å². The third-order valence-electron chi connectivity index (χ3n) is 4.20. The van der Waals surface area contributed by atoms with Crippen molar-refractivity contribution in [3.63, 3.8) is 0 Å². The molecule has 0 aliphatic rings. The summed E-state index contributed by atoms with van der Waals surface area (Å²) in [6.45, 7) is 28.2. The molecule has 0 bridgehead atoms. The Labute approximate surface area is 213 Å². The zero-order chi connectivity index (χ0) is 27.3. The van der Waals surface area contributed by atoms with E-state index in [2.05, 4.69) is 6.58 Å². The Hall–Kier alpha value is -0.106. The molecule has 0 aromatic rings. The standard InChI is InChI=1S/C19H40O4Si.C6H17NO2Si/c1-16(2)15-20-13-12-14-24(21-17(3,4)5,22-18(6,7)8)23-19(9,10)11;1-8-10(3,9-2)6-4-5-7/h1,12-15H2,2-11H3;4-7H2,1-3H3. The van der Waals surface area contributed by atoms with E-state index in [-0.39, 0.29) is 16.8 Å². The molecule has 7 nitrogen and oxygen atoms in total. The second-order valence-electron chi connectivity index (χ2n) is 11.9. The van der Waals surface area contributed by atoms with Crippen LogP contribution in [0.2, 0.25) is 18.6 Å². The maximum atomic E-state index is 6.43. The second-order valence-corrected chi connectivity index (χ2v) is 17.9. The average molecular weight is 524 g/mol. The predicted octanol–water partition coefficient (Wildman–Crippen LogP) is 6.05. The van der Waals surface area contributed by atoms with E-state index in [1.54, 1.807) is 14.2 Å². The molecule has 9 heteroatoms. The van der Waals surface area contributed by atoms with Crippen LogP contribution in [0.25, 0.3) is 0 Å². The molecule has 0 saturated carbocycles. The fourth-order valence-electron chi connectivity index (χ4n) is 2.96. The van der Waals surface area contributed by atoms with Gasteiger partial charge in [-0.2, -0.15) is 0 Å². The summed E-state index contributed by atoms with van der Waals surface area (Å²) in [6.07, 6.45) is 1.83. The monoisotopic (exact) mass is 523 g/mol. The van der Waals surface area contributed by atoms with E-state index in [9.17, 15) is 0 Å². The van der Waals surface area contributed by atoms with Gasteiger partial charge in [-0.3, -0.25) is 0 Å². The van der Waals surface area contributed by atoms with Gasteiger partial charge in [-0.1, -0.05) is 12.2 Å². The highest BCUT2D eigenvalue weighted by Crippen LogP contribution is 2.32. The van der Waals surface area contributed by atoms with Crippen LogP contribution >= 0.6 is 0 Å². The summed E-state index contributed by atoms with van der Waals surface area (Å²) in [5.74, 6) is 0. The highest BCUT2D eigenvalue weighted by Gasteiger charge is 2.49. The Kier molecular flexibility index (Phi) is 16.8. The van der Waals surface area contributed by atoms with Crippen molar-refractivity contribution < 1.29 is 26.9 Å². The quantitative estimate of drug-likeness (QED) is 0.168. The third-order valence-corrected chi connectivity index (χ3v) is 10.9. The van der Waals surface area contributed by atoms with Gasteiger partial charge >= 0.3 is 17.4 Å². The topological polar surface area (TPSA) is 81.4 Å². The van der Waals surface area contributed by atoms with Gasteiger partial charge in [0.25, 0.3) is 0 Å². The van der Waals surface area contributed by atoms with Crippen molar-refractivity contribution in [2.75, 3.05) is 34.0 Å². The maximum absolute atomic E-state index is 6.43. The molecule has 0 aliphatic heterocycles. The molecule has 0 spiro atoms. The molecule has 0 aromatic carbocycles. The lowest BCUT2D eigenvalue weighted by molar-refractivity contribution is -0.0760. The van der Waals surface area contributed by atoms with E-state index < -0.39 is 17.4 Å². The van der Waals surface area contributed by atoms with E-state index in [4.69, 9.17) is 32.6 Å². The highest BCUT2D eigenvalue weighted by atomic mass is 28.4. The molecular formula is C25H57NO6Si2. The van der Waals surface area contributed by atoms with Gasteiger partial charge in [-0.05, 0) is 101 Å². The molecule has 0 fully saturated rings. The van der Waals surface area contributed by atoms with Gasteiger partial charge in [0, 0.05) is 26.9 Å². The van der Waals surface area contributed by atoms with Gasteiger partial charge in [0.15, 0.2) is 0 Å². The number of hydrogen-bond acceptors (Lipinski definition) is 7. The zero-order valence-corrected chi connectivity index (χ0v) is 26.7. The Morgan fingerprint density at radius 3 is 1.47 bits per heavy atom. The van der Waals surface area contributed by atoms with Gasteiger partial charge in [-0.25, -0.2) is 0 Å². The van der Waals surface area contributed by atoms with Crippen molar-refractivity contribution >= 4 is 17.4 Å². The summed E-state index contributed by atoms with van der Waals surface area (Å²) in [7, 11) is -1.28. The summed E-state index contributed by atoms with van der Waals surface area (Å²) >= 11 is 0. The molecule has 0 rings (SSSR count). The second kappa shape index (κ2) is 15.9. The fraction of sp³-hybridized carbons (Fsp3) is 0.920.